The number of aromatic nitrogens is 1. The summed E-state index contributed by atoms with van der Waals surface area (Å²) in [5.41, 5.74) is 2.41. The number of fused-ring (bicyclic) bond motifs is 1. The number of amides is 1. The quantitative estimate of drug-likeness (QED) is 0.659. The summed E-state index contributed by atoms with van der Waals surface area (Å²) in [5, 5.41) is 12.8. The fourth-order valence-electron chi connectivity index (χ4n) is 4.10. The van der Waals surface area contributed by atoms with Gasteiger partial charge in [0.1, 0.15) is 0 Å². The number of carbonyl (C=O) groups excluding carboxylic acids is 1. The van der Waals surface area contributed by atoms with Crippen LogP contribution in [-0.4, -0.2) is 34.0 Å². The average Bonchev–Trinajstić information content (AvgIpc) is 3.12. The predicted octanol–water partition coefficient (Wildman–Crippen LogP) is 4.65. The highest BCUT2D eigenvalue weighted by atomic mass is 35.5. The van der Waals surface area contributed by atoms with Crippen LogP contribution in [0, 0.1) is 0 Å². The summed E-state index contributed by atoms with van der Waals surface area (Å²) in [7, 11) is 0. The van der Waals surface area contributed by atoms with Gasteiger partial charge in [0, 0.05) is 41.6 Å². The second-order valence-electron chi connectivity index (χ2n) is 7.63. The molecule has 1 fully saturated rings. The number of carbonyl (C=O) groups is 1. The van der Waals surface area contributed by atoms with Crippen LogP contribution in [0.3, 0.4) is 0 Å². The van der Waals surface area contributed by atoms with Crippen LogP contribution in [0.5, 0.6) is 0 Å². The Labute approximate surface area is 170 Å². The summed E-state index contributed by atoms with van der Waals surface area (Å²) >= 11 is 5.94. The maximum Gasteiger partial charge on any atom is 0.222 e. The third-order valence-electron chi connectivity index (χ3n) is 5.84. The van der Waals surface area contributed by atoms with E-state index in [9.17, 15) is 9.90 Å². The second kappa shape index (κ2) is 7.98. The van der Waals surface area contributed by atoms with Crippen LogP contribution < -0.4 is 0 Å². The molecular formula is C23H25ClN2O2. The van der Waals surface area contributed by atoms with Crippen molar-refractivity contribution >= 4 is 28.4 Å². The smallest absolute Gasteiger partial charge is 0.222 e. The minimum absolute atomic E-state index is 0.179. The minimum Gasteiger partial charge on any atom is -0.385 e. The zero-order valence-electron chi connectivity index (χ0n) is 15.8. The Balaban J connectivity index is 1.29. The van der Waals surface area contributed by atoms with E-state index in [1.807, 2.05) is 35.4 Å². The Bertz CT molecular complexity index is 956. The molecule has 0 unspecified atom stereocenters. The molecule has 0 radical (unpaired) electrons. The summed E-state index contributed by atoms with van der Waals surface area (Å²) in [6, 6.07) is 15.6. The second-order valence-corrected chi connectivity index (χ2v) is 8.07. The van der Waals surface area contributed by atoms with Crippen molar-refractivity contribution in [3.8, 4) is 0 Å². The first kappa shape index (κ1) is 19.0. The van der Waals surface area contributed by atoms with Gasteiger partial charge < -0.3 is 15.0 Å². The molecule has 2 heterocycles. The van der Waals surface area contributed by atoms with E-state index in [-0.39, 0.29) is 5.91 Å². The highest BCUT2D eigenvalue weighted by Crippen LogP contribution is 2.33. The summed E-state index contributed by atoms with van der Waals surface area (Å²) in [6.07, 6.45) is 5.42. The number of H-pyrrole nitrogens is 1. The van der Waals surface area contributed by atoms with Gasteiger partial charge in [-0.1, -0.05) is 41.9 Å². The number of nitrogens with one attached hydrogen (secondary N) is 1. The molecule has 1 amide bonds. The van der Waals surface area contributed by atoms with Gasteiger partial charge in [-0.2, -0.15) is 0 Å². The molecule has 0 aliphatic carbocycles. The maximum absolute atomic E-state index is 12.6. The van der Waals surface area contributed by atoms with E-state index in [0.717, 1.165) is 23.9 Å². The van der Waals surface area contributed by atoms with Crippen LogP contribution in [0.4, 0.5) is 0 Å². The van der Waals surface area contributed by atoms with Crippen molar-refractivity contribution < 1.29 is 9.90 Å². The lowest BCUT2D eigenvalue weighted by Gasteiger charge is -2.38. The number of aromatic amines is 1. The molecule has 1 saturated heterocycles. The number of halogens is 1. The SMILES string of the molecule is O=C(CCCc1c[nH]c2ccccc12)N1CCC(O)(c2ccc(Cl)cc2)CC1. The van der Waals surface area contributed by atoms with Gasteiger partial charge in [-0.25, -0.2) is 0 Å². The summed E-state index contributed by atoms with van der Waals surface area (Å²) in [6.45, 7) is 1.18. The number of nitrogens with zero attached hydrogens (tertiary/aromatic N) is 1. The van der Waals surface area contributed by atoms with Crippen molar-refractivity contribution in [1.29, 1.82) is 0 Å². The van der Waals surface area contributed by atoms with Crippen LogP contribution in [-0.2, 0) is 16.8 Å². The first-order valence-electron chi connectivity index (χ1n) is 9.86. The first-order valence-corrected chi connectivity index (χ1v) is 10.2. The number of piperidine rings is 1. The molecule has 146 valence electrons. The standard InChI is InChI=1S/C23H25ClN2O2/c24-19-10-8-18(9-11-19)23(28)12-14-26(15-13-23)22(27)7-3-4-17-16-25-21-6-2-1-5-20(17)21/h1-2,5-6,8-11,16,25,28H,3-4,7,12-15H2. The normalized spacial score (nSPS) is 16.4. The lowest BCUT2D eigenvalue weighted by Crippen LogP contribution is -2.45. The van der Waals surface area contributed by atoms with Crippen LogP contribution in [0.2, 0.25) is 5.02 Å². The average molecular weight is 397 g/mol. The van der Waals surface area contributed by atoms with Crippen molar-refractivity contribution in [1.82, 2.24) is 9.88 Å². The fourth-order valence-corrected chi connectivity index (χ4v) is 4.23. The molecular weight excluding hydrogens is 372 g/mol. The molecule has 4 nitrogen and oxygen atoms in total. The molecule has 0 spiro atoms. The molecule has 2 aromatic carbocycles. The van der Waals surface area contributed by atoms with Gasteiger partial charge in [0.15, 0.2) is 0 Å². The molecule has 1 aliphatic rings. The summed E-state index contributed by atoms with van der Waals surface area (Å²) < 4.78 is 0. The van der Waals surface area contributed by atoms with Crippen molar-refractivity contribution in [3.05, 3.63) is 70.9 Å². The highest BCUT2D eigenvalue weighted by molar-refractivity contribution is 6.30. The van der Waals surface area contributed by atoms with Crippen LogP contribution in [0.1, 0.15) is 36.8 Å². The monoisotopic (exact) mass is 396 g/mol. The van der Waals surface area contributed by atoms with Crippen LogP contribution in [0.15, 0.2) is 54.7 Å². The van der Waals surface area contributed by atoms with Gasteiger partial charge in [0.25, 0.3) is 0 Å². The number of rotatable bonds is 5. The number of hydrogen-bond acceptors (Lipinski definition) is 2. The molecule has 2 N–H and O–H groups in total. The predicted molar refractivity (Wildman–Crippen MR) is 112 cm³/mol. The molecule has 0 bridgehead atoms. The summed E-state index contributed by atoms with van der Waals surface area (Å²) in [4.78, 5) is 17.8. The molecule has 28 heavy (non-hydrogen) atoms. The van der Waals surface area contributed by atoms with Crippen LogP contribution in [0.25, 0.3) is 10.9 Å². The molecule has 4 rings (SSSR count). The molecule has 1 aliphatic heterocycles. The third-order valence-corrected chi connectivity index (χ3v) is 6.09. The highest BCUT2D eigenvalue weighted by Gasteiger charge is 2.35. The number of likely N-dealkylation sites (tertiary alicyclic amines) is 1. The number of benzene rings is 2. The van der Waals surface area contributed by atoms with E-state index < -0.39 is 5.60 Å². The molecule has 0 saturated carbocycles. The number of para-hydroxylation sites is 1. The fraction of sp³-hybridized carbons (Fsp3) is 0.348. The van der Waals surface area contributed by atoms with Gasteiger partial charge in [0.05, 0.1) is 5.60 Å². The molecule has 0 atom stereocenters. The largest absolute Gasteiger partial charge is 0.385 e. The van der Waals surface area contributed by atoms with Crippen LogP contribution >= 0.6 is 11.6 Å². The number of aliphatic hydroxyl groups is 1. The van der Waals surface area contributed by atoms with Crippen molar-refractivity contribution in [2.75, 3.05) is 13.1 Å². The Hall–Kier alpha value is -2.30. The molecule has 5 heteroatoms. The minimum atomic E-state index is -0.870. The Kier molecular flexibility index (Phi) is 5.42. The van der Waals surface area contributed by atoms with Gasteiger partial charge in [-0.15, -0.1) is 0 Å². The van der Waals surface area contributed by atoms with Gasteiger partial charge in [0.2, 0.25) is 5.91 Å². The first-order chi connectivity index (χ1) is 13.5. The molecule has 1 aromatic heterocycles. The van der Waals surface area contributed by atoms with Crippen molar-refractivity contribution in [3.63, 3.8) is 0 Å². The zero-order chi connectivity index (χ0) is 19.6. The Morgan fingerprint density at radius 2 is 1.82 bits per heavy atom. The maximum atomic E-state index is 12.6. The summed E-state index contributed by atoms with van der Waals surface area (Å²) in [5.74, 6) is 0.179. The van der Waals surface area contributed by atoms with Gasteiger partial charge in [-0.05, 0) is 55.0 Å². The van der Waals surface area contributed by atoms with Crippen molar-refractivity contribution in [2.45, 2.75) is 37.7 Å². The van der Waals surface area contributed by atoms with E-state index in [1.165, 1.54) is 10.9 Å². The van der Waals surface area contributed by atoms with E-state index in [4.69, 9.17) is 11.6 Å². The molecule has 3 aromatic rings. The lowest BCUT2D eigenvalue weighted by molar-refractivity contribution is -0.135. The van der Waals surface area contributed by atoms with Crippen molar-refractivity contribution in [2.24, 2.45) is 0 Å². The van der Waals surface area contributed by atoms with E-state index in [1.54, 1.807) is 12.1 Å². The third kappa shape index (κ3) is 3.94. The number of hydrogen-bond donors (Lipinski definition) is 2. The lowest BCUT2D eigenvalue weighted by atomic mass is 9.84. The van der Waals surface area contributed by atoms with Gasteiger partial charge >= 0.3 is 0 Å². The zero-order valence-corrected chi connectivity index (χ0v) is 16.6. The van der Waals surface area contributed by atoms with E-state index >= 15 is 0 Å². The van der Waals surface area contributed by atoms with Gasteiger partial charge in [-0.3, -0.25) is 4.79 Å². The van der Waals surface area contributed by atoms with E-state index in [2.05, 4.69) is 17.1 Å². The Morgan fingerprint density at radius 3 is 2.57 bits per heavy atom. The topological polar surface area (TPSA) is 56.3 Å². The van der Waals surface area contributed by atoms with E-state index in [0.29, 0.717) is 37.4 Å². The number of aryl methyl sites for hydroxylation is 1. The Morgan fingerprint density at radius 1 is 1.11 bits per heavy atom.